The number of carbonyl (C=O) groups is 1. The van der Waals surface area contributed by atoms with Crippen LogP contribution in [0, 0.1) is 5.92 Å². The van der Waals surface area contributed by atoms with E-state index in [0.717, 1.165) is 42.1 Å². The monoisotopic (exact) mass is 465 g/mol. The lowest BCUT2D eigenvalue weighted by Gasteiger charge is -2.28. The number of fused-ring (bicyclic) bond motifs is 1. The topological polar surface area (TPSA) is 54.0 Å². The van der Waals surface area contributed by atoms with Gasteiger partial charge in [0.1, 0.15) is 0 Å². The fourth-order valence-corrected chi connectivity index (χ4v) is 5.09. The van der Waals surface area contributed by atoms with Crippen molar-refractivity contribution in [1.29, 1.82) is 0 Å². The molecule has 0 aliphatic carbocycles. The Morgan fingerprint density at radius 2 is 1.90 bits per heavy atom. The number of thiazole rings is 1. The molecule has 162 valence electrons. The third-order valence-electron chi connectivity index (χ3n) is 5.76. The third-order valence-corrected chi connectivity index (χ3v) is 6.79. The van der Waals surface area contributed by atoms with Gasteiger partial charge < -0.3 is 10.6 Å². The van der Waals surface area contributed by atoms with E-state index in [1.807, 2.05) is 55.5 Å². The molecule has 4 rings (SSSR count). The largest absolute Gasteiger partial charge is 0.355 e. The molecule has 2 unspecified atom stereocenters. The number of hydrogen-bond acceptors (Lipinski definition) is 4. The Kier molecular flexibility index (Phi) is 9.10. The normalized spacial score (nSPS) is 17.6. The molecule has 1 amide bonds. The second kappa shape index (κ2) is 11.1. The Morgan fingerprint density at radius 3 is 2.60 bits per heavy atom. The number of aromatic nitrogens is 1. The van der Waals surface area contributed by atoms with Gasteiger partial charge in [0.25, 0.3) is 0 Å². The van der Waals surface area contributed by atoms with Crippen molar-refractivity contribution >= 4 is 52.3 Å². The summed E-state index contributed by atoms with van der Waals surface area (Å²) in [5.74, 6) is 0.761. The molecule has 4 nitrogen and oxygen atoms in total. The first-order valence-corrected chi connectivity index (χ1v) is 10.9. The van der Waals surface area contributed by atoms with Gasteiger partial charge in [-0.05, 0) is 56.5 Å². The number of hydrogen-bond donors (Lipinski definition) is 2. The molecule has 0 bridgehead atoms. The van der Waals surface area contributed by atoms with E-state index in [-0.39, 0.29) is 30.7 Å². The van der Waals surface area contributed by atoms with Gasteiger partial charge >= 0.3 is 0 Å². The highest BCUT2D eigenvalue weighted by atomic mass is 35.5. The quantitative estimate of drug-likeness (QED) is 0.528. The standard InChI is InChI=1S/C23H27N3OS.2ClH/c1-23(18-7-3-2-4-8-18,22(27)25-14-12-17-11-13-24-16-17)15-21-26-19-9-5-6-10-20(19)28-21;;/h2-10,17,24H,11-16H2,1H3,(H,25,27);2*1H. The van der Waals surface area contributed by atoms with Crippen LogP contribution < -0.4 is 10.6 Å². The number of nitrogens with zero attached hydrogens (tertiary/aromatic N) is 1. The molecule has 2 N–H and O–H groups in total. The zero-order chi connectivity index (χ0) is 19.4. The van der Waals surface area contributed by atoms with E-state index in [2.05, 4.69) is 16.7 Å². The molecule has 0 radical (unpaired) electrons. The van der Waals surface area contributed by atoms with Crippen molar-refractivity contribution in [1.82, 2.24) is 15.6 Å². The summed E-state index contributed by atoms with van der Waals surface area (Å²) in [6.45, 7) is 4.93. The average Bonchev–Trinajstić information content (AvgIpc) is 3.37. The predicted octanol–water partition coefficient (Wildman–Crippen LogP) is 4.76. The Hall–Kier alpha value is -1.66. The molecule has 1 aromatic heterocycles. The molecule has 2 atom stereocenters. The van der Waals surface area contributed by atoms with Crippen LogP contribution in [0.4, 0.5) is 0 Å². The smallest absolute Gasteiger partial charge is 0.230 e. The minimum Gasteiger partial charge on any atom is -0.355 e. The van der Waals surface area contributed by atoms with Gasteiger partial charge in [0.2, 0.25) is 5.91 Å². The van der Waals surface area contributed by atoms with E-state index in [4.69, 9.17) is 4.98 Å². The van der Waals surface area contributed by atoms with Crippen LogP contribution in [-0.2, 0) is 16.6 Å². The third kappa shape index (κ3) is 5.52. The first-order chi connectivity index (χ1) is 13.6. The highest BCUT2D eigenvalue weighted by molar-refractivity contribution is 7.18. The van der Waals surface area contributed by atoms with Crippen LogP contribution in [-0.4, -0.2) is 30.5 Å². The molecule has 0 spiro atoms. The Morgan fingerprint density at radius 1 is 1.17 bits per heavy atom. The number of benzene rings is 2. The van der Waals surface area contributed by atoms with Crippen LogP contribution >= 0.6 is 36.2 Å². The van der Waals surface area contributed by atoms with Gasteiger partial charge in [0.15, 0.2) is 0 Å². The van der Waals surface area contributed by atoms with Crippen molar-refractivity contribution in [2.75, 3.05) is 19.6 Å². The summed E-state index contributed by atoms with van der Waals surface area (Å²) in [7, 11) is 0. The Bertz CT molecular complexity index is 911. The lowest BCUT2D eigenvalue weighted by molar-refractivity contribution is -0.126. The van der Waals surface area contributed by atoms with Crippen molar-refractivity contribution in [3.63, 3.8) is 0 Å². The van der Waals surface area contributed by atoms with Gasteiger partial charge in [-0.25, -0.2) is 4.98 Å². The zero-order valence-electron chi connectivity index (χ0n) is 17.1. The maximum absolute atomic E-state index is 13.3. The second-order valence-corrected chi connectivity index (χ2v) is 8.97. The van der Waals surface area contributed by atoms with Crippen molar-refractivity contribution in [2.45, 2.75) is 31.6 Å². The van der Waals surface area contributed by atoms with E-state index < -0.39 is 5.41 Å². The molecular weight excluding hydrogens is 437 g/mol. The zero-order valence-corrected chi connectivity index (χ0v) is 19.5. The average molecular weight is 466 g/mol. The number of carbonyl (C=O) groups excluding carboxylic acids is 1. The molecule has 3 aromatic rings. The lowest BCUT2D eigenvalue weighted by Crippen LogP contribution is -2.44. The Balaban J connectivity index is 0.00000160. The summed E-state index contributed by atoms with van der Waals surface area (Å²) >= 11 is 1.68. The predicted molar refractivity (Wildman–Crippen MR) is 130 cm³/mol. The number of nitrogens with one attached hydrogen (secondary N) is 2. The van der Waals surface area contributed by atoms with E-state index in [9.17, 15) is 4.79 Å². The maximum atomic E-state index is 13.3. The molecule has 1 aliphatic heterocycles. The van der Waals surface area contributed by atoms with Crippen molar-refractivity contribution < 1.29 is 4.79 Å². The van der Waals surface area contributed by atoms with Crippen LogP contribution in [0.5, 0.6) is 0 Å². The SMILES string of the molecule is CC(Cc1nc2ccccc2s1)(C(=O)NCCC1CCNC1)c1ccccc1.Cl.Cl. The van der Waals surface area contributed by atoms with Crippen molar-refractivity contribution in [3.8, 4) is 0 Å². The van der Waals surface area contributed by atoms with E-state index in [1.54, 1.807) is 11.3 Å². The van der Waals surface area contributed by atoms with E-state index >= 15 is 0 Å². The first kappa shape index (κ1) is 24.6. The molecule has 1 aliphatic rings. The fraction of sp³-hybridized carbons (Fsp3) is 0.391. The molecule has 2 aromatic carbocycles. The van der Waals surface area contributed by atoms with Crippen molar-refractivity contribution in [2.24, 2.45) is 5.92 Å². The Labute approximate surface area is 194 Å². The maximum Gasteiger partial charge on any atom is 0.230 e. The van der Waals surface area contributed by atoms with Gasteiger partial charge in [0.05, 0.1) is 20.6 Å². The summed E-state index contributed by atoms with van der Waals surface area (Å²) in [6.07, 6.45) is 2.84. The second-order valence-electron chi connectivity index (χ2n) is 7.85. The molecule has 1 fully saturated rings. The highest BCUT2D eigenvalue weighted by Crippen LogP contribution is 2.32. The van der Waals surface area contributed by atoms with Crippen LogP contribution in [0.1, 0.15) is 30.3 Å². The van der Waals surface area contributed by atoms with Gasteiger partial charge in [-0.15, -0.1) is 36.2 Å². The summed E-state index contributed by atoms with van der Waals surface area (Å²) < 4.78 is 1.17. The van der Waals surface area contributed by atoms with Crippen LogP contribution in [0.2, 0.25) is 0 Å². The van der Waals surface area contributed by atoms with E-state index in [1.165, 1.54) is 11.1 Å². The van der Waals surface area contributed by atoms with Gasteiger partial charge in [-0.3, -0.25) is 4.79 Å². The summed E-state index contributed by atoms with van der Waals surface area (Å²) in [5, 5.41) is 7.61. The van der Waals surface area contributed by atoms with Gasteiger partial charge in [-0.2, -0.15) is 0 Å². The van der Waals surface area contributed by atoms with Gasteiger partial charge in [-0.1, -0.05) is 42.5 Å². The lowest BCUT2D eigenvalue weighted by atomic mass is 9.78. The molecule has 7 heteroatoms. The molecular formula is C23H29Cl2N3OS. The number of amides is 1. The molecule has 30 heavy (non-hydrogen) atoms. The number of rotatable bonds is 7. The summed E-state index contributed by atoms with van der Waals surface area (Å²) in [6, 6.07) is 18.3. The van der Waals surface area contributed by atoms with E-state index in [0.29, 0.717) is 12.3 Å². The van der Waals surface area contributed by atoms with Gasteiger partial charge in [0, 0.05) is 13.0 Å². The van der Waals surface area contributed by atoms with Crippen molar-refractivity contribution in [3.05, 3.63) is 65.2 Å². The fourth-order valence-electron chi connectivity index (χ4n) is 3.96. The van der Waals surface area contributed by atoms with Crippen LogP contribution in [0.3, 0.4) is 0 Å². The van der Waals surface area contributed by atoms with Crippen LogP contribution in [0.25, 0.3) is 10.2 Å². The molecule has 0 saturated carbocycles. The summed E-state index contributed by atoms with van der Waals surface area (Å²) in [4.78, 5) is 18.1. The summed E-state index contributed by atoms with van der Waals surface area (Å²) in [5.41, 5.74) is 1.41. The molecule has 2 heterocycles. The minimum atomic E-state index is -0.636. The number of halogens is 2. The highest BCUT2D eigenvalue weighted by Gasteiger charge is 2.36. The number of para-hydroxylation sites is 1. The minimum absolute atomic E-state index is 0. The molecule has 1 saturated heterocycles. The van der Waals surface area contributed by atoms with Crippen LogP contribution in [0.15, 0.2) is 54.6 Å². The first-order valence-electron chi connectivity index (χ1n) is 10.0.